The summed E-state index contributed by atoms with van der Waals surface area (Å²) in [4.78, 5) is 10.8. The standard InChI is InChI=1S/C15H20O2S/c1-17-15-8-7-12(10-16)9-13(15)11-18-14-5-3-2-4-6-14/h7-10,14H,2-6,11H2,1H3. The highest BCUT2D eigenvalue weighted by molar-refractivity contribution is 7.99. The maximum atomic E-state index is 10.8. The van der Waals surface area contributed by atoms with E-state index in [1.807, 2.05) is 23.9 Å². The largest absolute Gasteiger partial charge is 0.496 e. The Bertz CT molecular complexity index is 397. The molecule has 0 spiro atoms. The Kier molecular flexibility index (Phi) is 5.12. The van der Waals surface area contributed by atoms with Gasteiger partial charge in [-0.05, 0) is 31.0 Å². The first-order chi connectivity index (χ1) is 8.83. The lowest BCUT2D eigenvalue weighted by molar-refractivity contribution is 0.112. The van der Waals surface area contributed by atoms with E-state index in [-0.39, 0.29) is 0 Å². The van der Waals surface area contributed by atoms with E-state index in [0.717, 1.165) is 34.2 Å². The van der Waals surface area contributed by atoms with E-state index in [2.05, 4.69) is 0 Å². The van der Waals surface area contributed by atoms with Gasteiger partial charge >= 0.3 is 0 Å². The molecule has 0 aliphatic heterocycles. The summed E-state index contributed by atoms with van der Waals surface area (Å²) < 4.78 is 5.36. The van der Waals surface area contributed by atoms with Crippen LogP contribution < -0.4 is 4.74 Å². The lowest BCUT2D eigenvalue weighted by Gasteiger charge is -2.21. The van der Waals surface area contributed by atoms with Crippen molar-refractivity contribution in [2.75, 3.05) is 7.11 Å². The molecule has 18 heavy (non-hydrogen) atoms. The van der Waals surface area contributed by atoms with Gasteiger partial charge in [0.15, 0.2) is 0 Å². The van der Waals surface area contributed by atoms with E-state index < -0.39 is 0 Å². The zero-order valence-corrected chi connectivity index (χ0v) is 11.7. The Morgan fingerprint density at radius 1 is 1.33 bits per heavy atom. The number of hydrogen-bond acceptors (Lipinski definition) is 3. The van der Waals surface area contributed by atoms with Crippen molar-refractivity contribution in [2.24, 2.45) is 0 Å². The third-order valence-corrected chi connectivity index (χ3v) is 4.89. The average Bonchev–Trinajstić information content (AvgIpc) is 2.45. The smallest absolute Gasteiger partial charge is 0.150 e. The zero-order chi connectivity index (χ0) is 12.8. The highest BCUT2D eigenvalue weighted by atomic mass is 32.2. The van der Waals surface area contributed by atoms with Crippen molar-refractivity contribution in [1.29, 1.82) is 0 Å². The predicted octanol–water partition coefficient (Wildman–Crippen LogP) is 4.07. The average molecular weight is 264 g/mol. The SMILES string of the molecule is COc1ccc(C=O)cc1CSC1CCCCC1. The number of methoxy groups -OCH3 is 1. The van der Waals surface area contributed by atoms with Gasteiger partial charge in [0.25, 0.3) is 0 Å². The Morgan fingerprint density at radius 3 is 2.78 bits per heavy atom. The first-order valence-electron chi connectivity index (χ1n) is 6.57. The molecule has 1 fully saturated rings. The number of hydrogen-bond donors (Lipinski definition) is 0. The summed E-state index contributed by atoms with van der Waals surface area (Å²) in [5.74, 6) is 1.83. The maximum absolute atomic E-state index is 10.8. The van der Waals surface area contributed by atoms with Gasteiger partial charge in [-0.1, -0.05) is 19.3 Å². The van der Waals surface area contributed by atoms with Crippen LogP contribution in [-0.4, -0.2) is 18.6 Å². The first kappa shape index (κ1) is 13.5. The topological polar surface area (TPSA) is 26.3 Å². The number of aldehydes is 1. The van der Waals surface area contributed by atoms with Crippen molar-refractivity contribution in [2.45, 2.75) is 43.1 Å². The quantitative estimate of drug-likeness (QED) is 0.750. The van der Waals surface area contributed by atoms with E-state index in [4.69, 9.17) is 4.74 Å². The second-order valence-electron chi connectivity index (χ2n) is 4.76. The number of benzene rings is 1. The second-order valence-corrected chi connectivity index (χ2v) is 6.05. The molecule has 0 amide bonds. The van der Waals surface area contributed by atoms with Gasteiger partial charge in [0.05, 0.1) is 7.11 Å². The minimum absolute atomic E-state index is 0.732. The molecule has 0 N–H and O–H groups in total. The van der Waals surface area contributed by atoms with Crippen LogP contribution in [0, 0.1) is 0 Å². The van der Waals surface area contributed by atoms with Crippen molar-refractivity contribution in [3.8, 4) is 5.75 Å². The van der Waals surface area contributed by atoms with Crippen molar-refractivity contribution < 1.29 is 9.53 Å². The van der Waals surface area contributed by atoms with Gasteiger partial charge in [-0.15, -0.1) is 0 Å². The van der Waals surface area contributed by atoms with Crippen molar-refractivity contribution >= 4 is 18.0 Å². The maximum Gasteiger partial charge on any atom is 0.150 e. The molecule has 0 aromatic heterocycles. The second kappa shape index (κ2) is 6.83. The molecule has 0 bridgehead atoms. The van der Waals surface area contributed by atoms with Gasteiger partial charge in [0, 0.05) is 22.1 Å². The number of carbonyl (C=O) groups excluding carboxylic acids is 1. The molecular weight excluding hydrogens is 244 g/mol. The minimum atomic E-state index is 0.732. The Balaban J connectivity index is 1.99. The Morgan fingerprint density at radius 2 is 2.11 bits per heavy atom. The number of thioether (sulfide) groups is 1. The molecule has 1 aromatic rings. The fraction of sp³-hybridized carbons (Fsp3) is 0.533. The molecule has 1 aromatic carbocycles. The summed E-state index contributed by atoms with van der Waals surface area (Å²) >= 11 is 2.00. The zero-order valence-electron chi connectivity index (χ0n) is 10.9. The monoisotopic (exact) mass is 264 g/mol. The van der Waals surface area contributed by atoms with Crippen LogP contribution in [0.3, 0.4) is 0 Å². The van der Waals surface area contributed by atoms with Gasteiger partial charge in [-0.2, -0.15) is 11.8 Å². The summed E-state index contributed by atoms with van der Waals surface area (Å²) in [7, 11) is 1.69. The molecule has 0 unspecified atom stereocenters. The van der Waals surface area contributed by atoms with Crippen LogP contribution in [0.5, 0.6) is 5.75 Å². The molecule has 1 aliphatic carbocycles. The molecule has 2 rings (SSSR count). The highest BCUT2D eigenvalue weighted by Gasteiger charge is 2.14. The molecule has 0 saturated heterocycles. The summed E-state index contributed by atoms with van der Waals surface area (Å²) in [6.07, 6.45) is 7.68. The summed E-state index contributed by atoms with van der Waals surface area (Å²) in [5, 5.41) is 0.781. The summed E-state index contributed by atoms with van der Waals surface area (Å²) in [6.45, 7) is 0. The number of rotatable bonds is 5. The van der Waals surface area contributed by atoms with Gasteiger partial charge in [0.1, 0.15) is 12.0 Å². The van der Waals surface area contributed by atoms with Crippen molar-refractivity contribution in [1.82, 2.24) is 0 Å². The van der Waals surface area contributed by atoms with E-state index >= 15 is 0 Å². The van der Waals surface area contributed by atoms with E-state index in [1.54, 1.807) is 13.2 Å². The molecule has 2 nitrogen and oxygen atoms in total. The fourth-order valence-electron chi connectivity index (χ4n) is 2.42. The van der Waals surface area contributed by atoms with E-state index in [0.29, 0.717) is 0 Å². The molecule has 1 saturated carbocycles. The number of carbonyl (C=O) groups is 1. The molecule has 0 atom stereocenters. The molecule has 3 heteroatoms. The number of ether oxygens (including phenoxy) is 1. The van der Waals surface area contributed by atoms with Crippen LogP contribution >= 0.6 is 11.8 Å². The van der Waals surface area contributed by atoms with Gasteiger partial charge in [-0.25, -0.2) is 0 Å². The Hall–Kier alpha value is -0.960. The van der Waals surface area contributed by atoms with Crippen LogP contribution in [0.4, 0.5) is 0 Å². The van der Waals surface area contributed by atoms with E-state index in [9.17, 15) is 4.79 Å². The third-order valence-electron chi connectivity index (χ3n) is 3.47. The summed E-state index contributed by atoms with van der Waals surface area (Å²) in [5.41, 5.74) is 1.87. The van der Waals surface area contributed by atoms with Crippen LogP contribution in [0.2, 0.25) is 0 Å². The van der Waals surface area contributed by atoms with Crippen molar-refractivity contribution in [3.05, 3.63) is 29.3 Å². The molecule has 0 heterocycles. The lowest BCUT2D eigenvalue weighted by Crippen LogP contribution is -2.08. The van der Waals surface area contributed by atoms with Crippen molar-refractivity contribution in [3.63, 3.8) is 0 Å². The van der Waals surface area contributed by atoms with Crippen LogP contribution in [0.25, 0.3) is 0 Å². The normalized spacial score (nSPS) is 16.5. The first-order valence-corrected chi connectivity index (χ1v) is 7.62. The van der Waals surface area contributed by atoms with Gasteiger partial charge in [0.2, 0.25) is 0 Å². The lowest BCUT2D eigenvalue weighted by atomic mass is 10.0. The van der Waals surface area contributed by atoms with Crippen LogP contribution in [0.15, 0.2) is 18.2 Å². The molecule has 1 aliphatic rings. The third kappa shape index (κ3) is 3.52. The van der Waals surface area contributed by atoms with E-state index in [1.165, 1.54) is 32.1 Å². The Labute approximate surface area is 113 Å². The molecule has 0 radical (unpaired) electrons. The predicted molar refractivity (Wildman–Crippen MR) is 76.5 cm³/mol. The van der Waals surface area contributed by atoms with Crippen LogP contribution in [-0.2, 0) is 5.75 Å². The van der Waals surface area contributed by atoms with Gasteiger partial charge in [-0.3, -0.25) is 4.79 Å². The van der Waals surface area contributed by atoms with Crippen LogP contribution in [0.1, 0.15) is 48.0 Å². The highest BCUT2D eigenvalue weighted by Crippen LogP contribution is 2.32. The fourth-order valence-corrected chi connectivity index (χ4v) is 3.73. The van der Waals surface area contributed by atoms with Gasteiger partial charge < -0.3 is 4.74 Å². The molecule has 98 valence electrons. The molecular formula is C15H20O2S. The summed E-state index contributed by atoms with van der Waals surface area (Å²) in [6, 6.07) is 5.64. The minimum Gasteiger partial charge on any atom is -0.496 e.